The standard InChI is InChI=1S/C35H32F3N3O5/c1-19-6-5-7-22(12-19)32-21(3)41(34(44)46-32)16-29-25(10-11-31(39-29)40-17-35(37,38)18-40)27-14-26(28(36)15-30(27)45-4)24-9-8-23(33(42)43)13-20(24)2/h5-15,21,32H,16-18H2,1-4H3,(H,42,43)/t21-,32-/m0/s1. The fourth-order valence-corrected chi connectivity index (χ4v) is 6.11. The van der Waals surface area contributed by atoms with Crippen LogP contribution in [0.1, 0.15) is 45.8 Å². The Kier molecular flexibility index (Phi) is 7.87. The molecule has 238 valence electrons. The number of amides is 1. The Hall–Kier alpha value is -5.06. The Morgan fingerprint density at radius 1 is 1.02 bits per heavy atom. The Morgan fingerprint density at radius 3 is 2.41 bits per heavy atom. The number of halogens is 3. The van der Waals surface area contributed by atoms with Crippen LogP contribution in [0.4, 0.5) is 23.8 Å². The van der Waals surface area contributed by atoms with Gasteiger partial charge in [-0.3, -0.25) is 4.90 Å². The summed E-state index contributed by atoms with van der Waals surface area (Å²) < 4.78 is 54.5. The van der Waals surface area contributed by atoms with Gasteiger partial charge in [-0.15, -0.1) is 0 Å². The van der Waals surface area contributed by atoms with E-state index in [4.69, 9.17) is 14.5 Å². The van der Waals surface area contributed by atoms with Crippen molar-refractivity contribution in [1.29, 1.82) is 0 Å². The molecular formula is C35H32F3N3O5. The Morgan fingerprint density at radius 2 is 1.76 bits per heavy atom. The van der Waals surface area contributed by atoms with Crippen molar-refractivity contribution in [1.82, 2.24) is 9.88 Å². The Bertz CT molecular complexity index is 1860. The van der Waals surface area contributed by atoms with Crippen LogP contribution in [0.3, 0.4) is 0 Å². The number of anilines is 1. The van der Waals surface area contributed by atoms with Crippen molar-refractivity contribution in [3.63, 3.8) is 0 Å². The highest BCUT2D eigenvalue weighted by atomic mass is 19.3. The first-order valence-electron chi connectivity index (χ1n) is 14.7. The lowest BCUT2D eigenvalue weighted by atomic mass is 9.93. The first kappa shape index (κ1) is 30.9. The van der Waals surface area contributed by atoms with Crippen LogP contribution in [-0.2, 0) is 11.3 Å². The number of hydrogen-bond donors (Lipinski definition) is 1. The average molecular weight is 632 g/mol. The van der Waals surface area contributed by atoms with Crippen LogP contribution in [-0.4, -0.2) is 59.2 Å². The molecule has 0 spiro atoms. The minimum absolute atomic E-state index is 0.0160. The summed E-state index contributed by atoms with van der Waals surface area (Å²) in [6.07, 6.45) is -1.08. The summed E-state index contributed by atoms with van der Waals surface area (Å²) in [5, 5.41) is 9.40. The van der Waals surface area contributed by atoms with E-state index in [-0.39, 0.29) is 29.5 Å². The summed E-state index contributed by atoms with van der Waals surface area (Å²) in [6, 6.07) is 17.9. The highest BCUT2D eigenvalue weighted by Crippen LogP contribution is 2.42. The summed E-state index contributed by atoms with van der Waals surface area (Å²) in [4.78, 5) is 32.5. The Labute approximate surface area is 264 Å². The quantitative estimate of drug-likeness (QED) is 0.216. The molecule has 0 aliphatic carbocycles. The van der Waals surface area contributed by atoms with Gasteiger partial charge < -0.3 is 19.5 Å². The van der Waals surface area contributed by atoms with Gasteiger partial charge in [0.15, 0.2) is 0 Å². The van der Waals surface area contributed by atoms with Crippen LogP contribution in [0.15, 0.2) is 66.7 Å². The lowest BCUT2D eigenvalue weighted by Gasteiger charge is -2.39. The SMILES string of the molecule is COc1cc(F)c(-c2ccc(C(=O)O)cc2C)cc1-c1ccc(N2CC(F)(F)C2)nc1CN1C(=O)O[C@H](c2cccc(C)c2)[C@@H]1C. The Balaban J connectivity index is 1.44. The molecule has 11 heteroatoms. The minimum Gasteiger partial charge on any atom is -0.496 e. The topological polar surface area (TPSA) is 92.2 Å². The number of hydrogen-bond acceptors (Lipinski definition) is 6. The average Bonchev–Trinajstić information content (AvgIpc) is 3.28. The number of nitrogens with zero attached hydrogens (tertiary/aromatic N) is 3. The van der Waals surface area contributed by atoms with Crippen molar-refractivity contribution in [3.8, 4) is 28.0 Å². The minimum atomic E-state index is -2.82. The van der Waals surface area contributed by atoms with E-state index in [0.717, 1.165) is 11.1 Å². The molecule has 2 aliphatic heterocycles. The molecule has 2 fully saturated rings. The fourth-order valence-electron chi connectivity index (χ4n) is 6.11. The zero-order valence-electron chi connectivity index (χ0n) is 25.7. The maximum atomic E-state index is 15.6. The lowest BCUT2D eigenvalue weighted by molar-refractivity contribution is -0.0267. The normalized spacial score (nSPS) is 18.7. The third-order valence-electron chi connectivity index (χ3n) is 8.55. The van der Waals surface area contributed by atoms with Crippen molar-refractivity contribution in [3.05, 3.63) is 100 Å². The third-order valence-corrected chi connectivity index (χ3v) is 8.55. The lowest BCUT2D eigenvalue weighted by Crippen LogP contribution is -2.56. The number of ether oxygens (including phenoxy) is 2. The van der Waals surface area contributed by atoms with Crippen LogP contribution in [0.5, 0.6) is 5.75 Å². The number of aryl methyl sites for hydroxylation is 2. The highest BCUT2D eigenvalue weighted by molar-refractivity contribution is 5.89. The maximum Gasteiger partial charge on any atom is 0.411 e. The number of rotatable bonds is 8. The number of alkyl halides is 2. The second-order valence-corrected chi connectivity index (χ2v) is 11.8. The number of carboxylic acids is 1. The van der Waals surface area contributed by atoms with Gasteiger partial charge in [0, 0.05) is 22.8 Å². The number of methoxy groups -OCH3 is 1. The van der Waals surface area contributed by atoms with E-state index in [1.54, 1.807) is 36.1 Å². The second kappa shape index (κ2) is 11.7. The van der Waals surface area contributed by atoms with Gasteiger partial charge in [0.1, 0.15) is 23.5 Å². The maximum absolute atomic E-state index is 15.6. The predicted molar refractivity (Wildman–Crippen MR) is 166 cm³/mol. The molecule has 0 unspecified atom stereocenters. The van der Waals surface area contributed by atoms with Gasteiger partial charge in [0.25, 0.3) is 5.92 Å². The van der Waals surface area contributed by atoms with Crippen molar-refractivity contribution in [2.75, 3.05) is 25.1 Å². The van der Waals surface area contributed by atoms with Gasteiger partial charge in [-0.2, -0.15) is 0 Å². The number of aromatic carboxylic acids is 1. The van der Waals surface area contributed by atoms with Gasteiger partial charge in [0.2, 0.25) is 0 Å². The number of benzene rings is 3. The molecule has 2 aliphatic rings. The largest absolute Gasteiger partial charge is 0.496 e. The van der Waals surface area contributed by atoms with Gasteiger partial charge in [-0.25, -0.2) is 27.7 Å². The first-order chi connectivity index (χ1) is 21.8. The second-order valence-electron chi connectivity index (χ2n) is 11.8. The van der Waals surface area contributed by atoms with Crippen LogP contribution in [0.2, 0.25) is 0 Å². The summed E-state index contributed by atoms with van der Waals surface area (Å²) in [7, 11) is 1.40. The van der Waals surface area contributed by atoms with Crippen LogP contribution in [0, 0.1) is 19.7 Å². The van der Waals surface area contributed by atoms with Crippen molar-refractivity contribution in [2.24, 2.45) is 0 Å². The monoisotopic (exact) mass is 631 g/mol. The van der Waals surface area contributed by atoms with E-state index in [2.05, 4.69) is 0 Å². The van der Waals surface area contributed by atoms with Gasteiger partial charge in [0.05, 0.1) is 44.0 Å². The van der Waals surface area contributed by atoms with Crippen molar-refractivity contribution < 1.29 is 37.3 Å². The van der Waals surface area contributed by atoms with E-state index in [1.165, 1.54) is 30.2 Å². The zero-order valence-corrected chi connectivity index (χ0v) is 25.7. The molecule has 2 atom stereocenters. The molecule has 3 heterocycles. The highest BCUT2D eigenvalue weighted by Gasteiger charge is 2.45. The number of carbonyl (C=O) groups excluding carboxylic acids is 1. The molecule has 1 N–H and O–H groups in total. The molecule has 8 nitrogen and oxygen atoms in total. The number of carbonyl (C=O) groups is 2. The number of carboxylic acid groups (broad SMARTS) is 1. The number of aromatic nitrogens is 1. The molecule has 0 radical (unpaired) electrons. The van der Waals surface area contributed by atoms with Gasteiger partial charge in [-0.1, -0.05) is 35.9 Å². The number of pyridine rings is 1. The molecule has 0 saturated carbocycles. The molecule has 1 aromatic heterocycles. The molecular weight excluding hydrogens is 599 g/mol. The van der Waals surface area contributed by atoms with E-state index in [1.807, 2.05) is 38.1 Å². The van der Waals surface area contributed by atoms with E-state index < -0.39 is 43.0 Å². The van der Waals surface area contributed by atoms with Crippen LogP contribution < -0.4 is 9.64 Å². The molecule has 0 bridgehead atoms. The molecule has 6 rings (SSSR count). The smallest absolute Gasteiger partial charge is 0.411 e. The first-order valence-corrected chi connectivity index (χ1v) is 14.7. The molecule has 46 heavy (non-hydrogen) atoms. The summed E-state index contributed by atoms with van der Waals surface area (Å²) in [5.41, 5.74) is 4.54. The van der Waals surface area contributed by atoms with Crippen molar-refractivity contribution >= 4 is 17.9 Å². The summed E-state index contributed by atoms with van der Waals surface area (Å²) in [6.45, 7) is 4.55. The van der Waals surface area contributed by atoms with Gasteiger partial charge in [-0.05, 0) is 67.8 Å². The zero-order chi connectivity index (χ0) is 32.9. The summed E-state index contributed by atoms with van der Waals surface area (Å²) >= 11 is 0. The van der Waals surface area contributed by atoms with Crippen LogP contribution >= 0.6 is 0 Å². The molecule has 3 aromatic carbocycles. The molecule has 1 amide bonds. The van der Waals surface area contributed by atoms with Gasteiger partial charge >= 0.3 is 12.1 Å². The third kappa shape index (κ3) is 5.73. The van der Waals surface area contributed by atoms with E-state index >= 15 is 4.39 Å². The van der Waals surface area contributed by atoms with E-state index in [0.29, 0.717) is 33.8 Å². The summed E-state index contributed by atoms with van der Waals surface area (Å²) in [5.74, 6) is -3.99. The predicted octanol–water partition coefficient (Wildman–Crippen LogP) is 7.42. The van der Waals surface area contributed by atoms with Crippen LogP contribution in [0.25, 0.3) is 22.3 Å². The van der Waals surface area contributed by atoms with E-state index in [9.17, 15) is 23.5 Å². The molecule has 4 aromatic rings. The fraction of sp³-hybridized carbons (Fsp3) is 0.286. The number of cyclic esters (lactones) is 1. The molecule has 2 saturated heterocycles. The van der Waals surface area contributed by atoms with Crippen molar-refractivity contribution in [2.45, 2.75) is 45.4 Å².